The molecule has 2 aliphatic rings. The van der Waals surface area contributed by atoms with Gasteiger partial charge >= 0.3 is 0 Å². The van der Waals surface area contributed by atoms with Gasteiger partial charge in [0.2, 0.25) is 0 Å². The fourth-order valence-corrected chi connectivity index (χ4v) is 5.09. The number of aliphatic hydroxyl groups is 1. The van der Waals surface area contributed by atoms with Gasteiger partial charge in [-0.15, -0.1) is 0 Å². The second kappa shape index (κ2) is 7.00. The molecule has 0 saturated heterocycles. The number of ketones is 1. The van der Waals surface area contributed by atoms with E-state index in [-0.39, 0.29) is 17.0 Å². The molecule has 1 N–H and O–H groups in total. The summed E-state index contributed by atoms with van der Waals surface area (Å²) in [6, 6.07) is 11.3. The Morgan fingerprint density at radius 1 is 1.00 bits per heavy atom. The number of allylic oxidation sites excluding steroid dienone is 2. The Kier molecular flexibility index (Phi) is 4.82. The first kappa shape index (κ1) is 18.6. The molecule has 2 nitrogen and oxygen atoms in total. The lowest BCUT2D eigenvalue weighted by atomic mass is 9.72. The molecule has 2 aromatic rings. The molecular formula is C23H22Cl2O2. The summed E-state index contributed by atoms with van der Waals surface area (Å²) >= 11 is 12.7. The van der Waals surface area contributed by atoms with Crippen LogP contribution in [-0.2, 0) is 4.79 Å². The number of carbonyl (C=O) groups excluding carboxylic acids is 1. The lowest BCUT2D eigenvalue weighted by Gasteiger charge is -2.32. The highest BCUT2D eigenvalue weighted by molar-refractivity contribution is 6.34. The number of aliphatic hydroxyl groups excluding tert-OH is 1. The third-order valence-corrected chi connectivity index (χ3v) is 6.59. The highest BCUT2D eigenvalue weighted by Crippen LogP contribution is 2.52. The molecule has 0 heterocycles. The molecule has 1 fully saturated rings. The van der Waals surface area contributed by atoms with Crippen molar-refractivity contribution in [1.82, 2.24) is 0 Å². The number of rotatable bonds is 2. The van der Waals surface area contributed by atoms with Gasteiger partial charge in [-0.05, 0) is 60.7 Å². The highest BCUT2D eigenvalue weighted by Gasteiger charge is 2.46. The van der Waals surface area contributed by atoms with Crippen molar-refractivity contribution in [2.75, 3.05) is 0 Å². The second-order valence-electron chi connectivity index (χ2n) is 7.82. The van der Waals surface area contributed by atoms with E-state index in [4.69, 9.17) is 23.2 Å². The first-order valence-electron chi connectivity index (χ1n) is 9.45. The first-order chi connectivity index (χ1) is 12.9. The number of hydrogen-bond donors (Lipinski definition) is 1. The van der Waals surface area contributed by atoms with E-state index >= 15 is 0 Å². The van der Waals surface area contributed by atoms with E-state index in [0.29, 0.717) is 22.0 Å². The molecule has 4 rings (SSSR count). The zero-order valence-corrected chi connectivity index (χ0v) is 16.8. The predicted octanol–water partition coefficient (Wildman–Crippen LogP) is 7.16. The van der Waals surface area contributed by atoms with Crippen molar-refractivity contribution in [3.8, 4) is 11.1 Å². The maximum Gasteiger partial charge on any atom is 0.167 e. The quantitative estimate of drug-likeness (QED) is 0.580. The summed E-state index contributed by atoms with van der Waals surface area (Å²) < 4.78 is 0. The lowest BCUT2D eigenvalue weighted by molar-refractivity contribution is -0.114. The number of hydrogen-bond acceptors (Lipinski definition) is 2. The van der Waals surface area contributed by atoms with Crippen LogP contribution in [0.1, 0.15) is 49.7 Å². The zero-order chi connectivity index (χ0) is 19.2. The molecule has 0 aromatic heterocycles. The van der Waals surface area contributed by atoms with E-state index in [2.05, 4.69) is 0 Å². The minimum absolute atomic E-state index is 0.0315. The molecule has 0 atom stereocenters. The van der Waals surface area contributed by atoms with Gasteiger partial charge in [0.25, 0.3) is 0 Å². The first-order valence-corrected chi connectivity index (χ1v) is 10.2. The SMILES string of the molecule is Cc1cc(-c2cccc(Cl)c2)c(Cl)cc1C1=C(O)C2(CCCCC2)CC1=O. The summed E-state index contributed by atoms with van der Waals surface area (Å²) in [5.74, 6) is 0.311. The van der Waals surface area contributed by atoms with Crippen molar-refractivity contribution in [1.29, 1.82) is 0 Å². The van der Waals surface area contributed by atoms with Gasteiger partial charge in [0.1, 0.15) is 5.76 Å². The fourth-order valence-electron chi connectivity index (χ4n) is 4.62. The van der Waals surface area contributed by atoms with Crippen molar-refractivity contribution in [3.05, 3.63) is 63.3 Å². The van der Waals surface area contributed by atoms with Crippen LogP contribution < -0.4 is 0 Å². The van der Waals surface area contributed by atoms with Crippen molar-refractivity contribution >= 4 is 34.6 Å². The number of carbonyl (C=O) groups is 1. The topological polar surface area (TPSA) is 37.3 Å². The molecule has 27 heavy (non-hydrogen) atoms. The van der Waals surface area contributed by atoms with E-state index in [1.807, 2.05) is 43.3 Å². The zero-order valence-electron chi connectivity index (χ0n) is 15.3. The number of halogens is 2. The summed E-state index contributed by atoms with van der Waals surface area (Å²) in [4.78, 5) is 12.8. The van der Waals surface area contributed by atoms with E-state index < -0.39 is 0 Å². The summed E-state index contributed by atoms with van der Waals surface area (Å²) in [6.07, 6.45) is 5.51. The lowest BCUT2D eigenvalue weighted by Crippen LogP contribution is -2.24. The Bertz CT molecular complexity index is 953. The molecule has 0 bridgehead atoms. The third kappa shape index (κ3) is 3.19. The van der Waals surface area contributed by atoms with Crippen molar-refractivity contribution in [2.24, 2.45) is 5.41 Å². The Labute approximate surface area is 169 Å². The number of aryl methyl sites for hydroxylation is 1. The van der Waals surface area contributed by atoms with Gasteiger partial charge in [0.15, 0.2) is 5.78 Å². The second-order valence-corrected chi connectivity index (χ2v) is 8.67. The molecule has 0 radical (unpaired) electrons. The molecule has 1 spiro atoms. The normalized spacial score (nSPS) is 19.1. The fraction of sp³-hybridized carbons (Fsp3) is 0.348. The maximum atomic E-state index is 12.8. The van der Waals surface area contributed by atoms with E-state index in [9.17, 15) is 9.90 Å². The average molecular weight is 401 g/mol. The van der Waals surface area contributed by atoms with Crippen LogP contribution in [-0.4, -0.2) is 10.9 Å². The van der Waals surface area contributed by atoms with Crippen molar-refractivity contribution in [2.45, 2.75) is 45.4 Å². The van der Waals surface area contributed by atoms with Crippen LogP contribution in [0, 0.1) is 12.3 Å². The third-order valence-electron chi connectivity index (χ3n) is 6.05. The van der Waals surface area contributed by atoms with Crippen LogP contribution in [0.5, 0.6) is 0 Å². The van der Waals surface area contributed by atoms with E-state index in [1.54, 1.807) is 0 Å². The van der Waals surface area contributed by atoms with Gasteiger partial charge < -0.3 is 5.11 Å². The maximum absolute atomic E-state index is 12.8. The van der Waals surface area contributed by atoms with Crippen molar-refractivity contribution < 1.29 is 9.90 Å². The molecule has 0 unspecified atom stereocenters. The van der Waals surface area contributed by atoms with E-state index in [1.165, 1.54) is 6.42 Å². The van der Waals surface area contributed by atoms with Gasteiger partial charge in [-0.25, -0.2) is 0 Å². The molecule has 2 aromatic carbocycles. The van der Waals surface area contributed by atoms with Crippen LogP contribution in [0.15, 0.2) is 42.2 Å². The largest absolute Gasteiger partial charge is 0.511 e. The van der Waals surface area contributed by atoms with Gasteiger partial charge in [0.05, 0.1) is 5.57 Å². The minimum Gasteiger partial charge on any atom is -0.511 e. The molecule has 4 heteroatoms. The summed E-state index contributed by atoms with van der Waals surface area (Å²) in [5, 5.41) is 12.2. The number of Topliss-reactive ketones (excluding diaryl/α,β-unsaturated/α-hetero) is 1. The van der Waals surface area contributed by atoms with Crippen LogP contribution >= 0.6 is 23.2 Å². The summed E-state index contributed by atoms with van der Waals surface area (Å²) in [6.45, 7) is 1.96. The smallest absolute Gasteiger partial charge is 0.167 e. The summed E-state index contributed by atoms with van der Waals surface area (Å²) in [7, 11) is 0. The van der Waals surface area contributed by atoms with Gasteiger partial charge in [-0.3, -0.25) is 4.79 Å². The van der Waals surface area contributed by atoms with Crippen LogP contribution in [0.4, 0.5) is 0 Å². The van der Waals surface area contributed by atoms with Gasteiger partial charge in [0, 0.05) is 27.4 Å². The average Bonchev–Trinajstić information content (AvgIpc) is 2.87. The Hall–Kier alpha value is -1.77. The van der Waals surface area contributed by atoms with Crippen LogP contribution in [0.2, 0.25) is 10.0 Å². The van der Waals surface area contributed by atoms with Crippen LogP contribution in [0.3, 0.4) is 0 Å². The van der Waals surface area contributed by atoms with E-state index in [0.717, 1.165) is 47.9 Å². The predicted molar refractivity (Wildman–Crippen MR) is 111 cm³/mol. The monoisotopic (exact) mass is 400 g/mol. The molecular weight excluding hydrogens is 379 g/mol. The van der Waals surface area contributed by atoms with Gasteiger partial charge in [-0.2, -0.15) is 0 Å². The Morgan fingerprint density at radius 2 is 1.74 bits per heavy atom. The highest BCUT2D eigenvalue weighted by atomic mass is 35.5. The van der Waals surface area contributed by atoms with Gasteiger partial charge in [-0.1, -0.05) is 54.6 Å². The molecule has 2 aliphatic carbocycles. The number of benzene rings is 2. The standard InChI is InChI=1S/C23H22Cl2O2/c1-14-10-18(15-6-5-7-16(24)11-15)19(25)12-17(14)21-20(26)13-23(22(21)27)8-3-2-4-9-23/h5-7,10-12,27H,2-4,8-9,13H2,1H3. The molecule has 1 saturated carbocycles. The minimum atomic E-state index is -0.352. The molecule has 0 amide bonds. The Morgan fingerprint density at radius 3 is 2.44 bits per heavy atom. The Balaban J connectivity index is 1.81. The molecule has 140 valence electrons. The molecule has 0 aliphatic heterocycles. The van der Waals surface area contributed by atoms with Crippen molar-refractivity contribution in [3.63, 3.8) is 0 Å². The van der Waals surface area contributed by atoms with Crippen LogP contribution in [0.25, 0.3) is 16.7 Å². The summed E-state index contributed by atoms with van der Waals surface area (Å²) in [5.41, 5.74) is 3.59.